The van der Waals surface area contributed by atoms with Gasteiger partial charge in [-0.2, -0.15) is 0 Å². The van der Waals surface area contributed by atoms with E-state index < -0.39 is 0 Å². The smallest absolute Gasteiger partial charge is 0.231 e. The van der Waals surface area contributed by atoms with E-state index in [0.29, 0.717) is 13.4 Å². The van der Waals surface area contributed by atoms with Gasteiger partial charge in [0, 0.05) is 6.42 Å². The van der Waals surface area contributed by atoms with E-state index in [0.717, 1.165) is 23.5 Å². The van der Waals surface area contributed by atoms with Crippen LogP contribution in [0.25, 0.3) is 0 Å². The molecule has 2 aliphatic rings. The first-order valence-corrected chi connectivity index (χ1v) is 6.48. The second-order valence-electron chi connectivity index (χ2n) is 4.89. The van der Waals surface area contributed by atoms with Crippen LogP contribution in [0.5, 0.6) is 11.5 Å². The van der Waals surface area contributed by atoms with Crippen LogP contribution in [0.3, 0.4) is 0 Å². The molecule has 4 rings (SSSR count). The molecule has 2 heterocycles. The van der Waals surface area contributed by atoms with Crippen LogP contribution < -0.4 is 9.47 Å². The van der Waals surface area contributed by atoms with Crippen molar-refractivity contribution in [2.45, 2.75) is 19.1 Å². The van der Waals surface area contributed by atoms with Crippen molar-refractivity contribution in [1.82, 2.24) is 0 Å². The molecule has 3 nitrogen and oxygen atoms in total. The lowest BCUT2D eigenvalue weighted by molar-refractivity contribution is 0.0273. The van der Waals surface area contributed by atoms with Gasteiger partial charge < -0.3 is 14.2 Å². The molecule has 1 atom stereocenters. The molecule has 1 unspecified atom stereocenters. The Hall–Kier alpha value is -2.00. The molecule has 0 bridgehead atoms. The zero-order valence-electron chi connectivity index (χ0n) is 10.5. The molecule has 3 heteroatoms. The third kappa shape index (κ3) is 1.87. The molecule has 96 valence electrons. The zero-order chi connectivity index (χ0) is 12.7. The minimum atomic E-state index is 0.101. The molecule has 0 aromatic heterocycles. The summed E-state index contributed by atoms with van der Waals surface area (Å²) in [6, 6.07) is 14.5. The standard InChI is InChI=1S/C16H14O3/c1-2-4-13-9-17-15(7-11(13)3-1)12-5-6-14-16(8-12)19-10-18-14/h1-6,8,15H,7,9-10H2. The highest BCUT2D eigenvalue weighted by molar-refractivity contribution is 5.45. The summed E-state index contributed by atoms with van der Waals surface area (Å²) in [6.45, 7) is 0.989. The number of hydrogen-bond donors (Lipinski definition) is 0. The second kappa shape index (κ2) is 4.28. The van der Waals surface area contributed by atoms with Crippen LogP contribution in [0.2, 0.25) is 0 Å². The SMILES string of the molecule is c1ccc2c(c1)COC(c1ccc3c(c1)OCO3)C2. The second-order valence-corrected chi connectivity index (χ2v) is 4.89. The summed E-state index contributed by atoms with van der Waals surface area (Å²) in [7, 11) is 0. The normalized spacial score (nSPS) is 20.1. The Balaban J connectivity index is 1.64. The fourth-order valence-corrected chi connectivity index (χ4v) is 2.67. The van der Waals surface area contributed by atoms with Gasteiger partial charge in [0.05, 0.1) is 12.7 Å². The highest BCUT2D eigenvalue weighted by atomic mass is 16.7. The van der Waals surface area contributed by atoms with Gasteiger partial charge in [0.25, 0.3) is 0 Å². The van der Waals surface area contributed by atoms with Gasteiger partial charge in [0.2, 0.25) is 6.79 Å². The first-order valence-electron chi connectivity index (χ1n) is 6.48. The monoisotopic (exact) mass is 254 g/mol. The van der Waals surface area contributed by atoms with Crippen molar-refractivity contribution in [2.24, 2.45) is 0 Å². The summed E-state index contributed by atoms with van der Waals surface area (Å²) in [5, 5.41) is 0. The van der Waals surface area contributed by atoms with E-state index in [2.05, 4.69) is 30.3 Å². The molecule has 0 spiro atoms. The summed E-state index contributed by atoms with van der Waals surface area (Å²) >= 11 is 0. The average molecular weight is 254 g/mol. The maximum Gasteiger partial charge on any atom is 0.231 e. The van der Waals surface area contributed by atoms with Crippen molar-refractivity contribution in [3.63, 3.8) is 0 Å². The maximum atomic E-state index is 5.95. The minimum absolute atomic E-state index is 0.101. The Morgan fingerprint density at radius 3 is 2.68 bits per heavy atom. The van der Waals surface area contributed by atoms with Crippen molar-refractivity contribution in [3.8, 4) is 11.5 Å². The lowest BCUT2D eigenvalue weighted by Crippen LogP contribution is -2.15. The van der Waals surface area contributed by atoms with Crippen molar-refractivity contribution in [2.75, 3.05) is 6.79 Å². The van der Waals surface area contributed by atoms with Crippen molar-refractivity contribution >= 4 is 0 Å². The molecular weight excluding hydrogens is 240 g/mol. The van der Waals surface area contributed by atoms with Crippen molar-refractivity contribution in [1.29, 1.82) is 0 Å². The quantitative estimate of drug-likeness (QED) is 0.782. The first-order chi connectivity index (χ1) is 9.40. The highest BCUT2D eigenvalue weighted by Gasteiger charge is 2.22. The average Bonchev–Trinajstić information content (AvgIpc) is 2.94. The zero-order valence-corrected chi connectivity index (χ0v) is 10.5. The van der Waals surface area contributed by atoms with Crippen LogP contribution >= 0.6 is 0 Å². The molecule has 2 aromatic carbocycles. The molecule has 2 aliphatic heterocycles. The summed E-state index contributed by atoms with van der Waals surface area (Å²) in [5.41, 5.74) is 3.81. The van der Waals surface area contributed by atoms with Crippen LogP contribution in [0.1, 0.15) is 22.8 Å². The Kier molecular flexibility index (Phi) is 2.45. The van der Waals surface area contributed by atoms with E-state index in [-0.39, 0.29) is 6.10 Å². The van der Waals surface area contributed by atoms with E-state index >= 15 is 0 Å². The van der Waals surface area contributed by atoms with Crippen LogP contribution in [0.4, 0.5) is 0 Å². The van der Waals surface area contributed by atoms with Crippen LogP contribution in [-0.4, -0.2) is 6.79 Å². The Bertz CT molecular complexity index is 621. The molecule has 0 fully saturated rings. The lowest BCUT2D eigenvalue weighted by atomic mass is 9.95. The van der Waals surface area contributed by atoms with Crippen molar-refractivity contribution in [3.05, 3.63) is 59.2 Å². The molecule has 2 aromatic rings. The largest absolute Gasteiger partial charge is 0.454 e. The van der Waals surface area contributed by atoms with Crippen LogP contribution in [-0.2, 0) is 17.8 Å². The van der Waals surface area contributed by atoms with E-state index in [1.807, 2.05) is 12.1 Å². The van der Waals surface area contributed by atoms with Gasteiger partial charge in [-0.25, -0.2) is 0 Å². The number of rotatable bonds is 1. The van der Waals surface area contributed by atoms with Gasteiger partial charge >= 0.3 is 0 Å². The van der Waals surface area contributed by atoms with E-state index in [1.54, 1.807) is 0 Å². The fraction of sp³-hybridized carbons (Fsp3) is 0.250. The fourth-order valence-electron chi connectivity index (χ4n) is 2.67. The summed E-state index contributed by atoms with van der Waals surface area (Å²) in [5.74, 6) is 1.64. The van der Waals surface area contributed by atoms with Crippen LogP contribution in [0, 0.1) is 0 Å². The van der Waals surface area contributed by atoms with Gasteiger partial charge in [0.1, 0.15) is 0 Å². The molecule has 19 heavy (non-hydrogen) atoms. The third-order valence-electron chi connectivity index (χ3n) is 3.73. The Morgan fingerprint density at radius 1 is 0.895 bits per heavy atom. The molecule has 0 saturated heterocycles. The summed E-state index contributed by atoms with van der Waals surface area (Å²) < 4.78 is 16.7. The van der Waals surface area contributed by atoms with Crippen molar-refractivity contribution < 1.29 is 14.2 Å². The molecule has 0 aliphatic carbocycles. The van der Waals surface area contributed by atoms with E-state index in [4.69, 9.17) is 14.2 Å². The Labute approximate surface area is 111 Å². The predicted molar refractivity (Wildman–Crippen MR) is 70.2 cm³/mol. The third-order valence-corrected chi connectivity index (χ3v) is 3.73. The molecule has 0 radical (unpaired) electrons. The number of ether oxygens (including phenoxy) is 3. The highest BCUT2D eigenvalue weighted by Crippen LogP contribution is 2.37. The molecular formula is C16H14O3. The topological polar surface area (TPSA) is 27.7 Å². The van der Waals surface area contributed by atoms with Gasteiger partial charge in [0.15, 0.2) is 11.5 Å². The van der Waals surface area contributed by atoms with Gasteiger partial charge in [-0.1, -0.05) is 30.3 Å². The predicted octanol–water partition coefficient (Wildman–Crippen LogP) is 3.23. The van der Waals surface area contributed by atoms with Gasteiger partial charge in [-0.15, -0.1) is 0 Å². The van der Waals surface area contributed by atoms with E-state index in [9.17, 15) is 0 Å². The summed E-state index contributed by atoms with van der Waals surface area (Å²) in [6.07, 6.45) is 1.01. The van der Waals surface area contributed by atoms with Gasteiger partial charge in [-0.05, 0) is 28.8 Å². The van der Waals surface area contributed by atoms with E-state index in [1.165, 1.54) is 11.1 Å². The first kappa shape index (κ1) is 10.9. The lowest BCUT2D eigenvalue weighted by Gasteiger charge is -2.25. The maximum absolute atomic E-state index is 5.95. The number of fused-ring (bicyclic) bond motifs is 2. The Morgan fingerprint density at radius 2 is 1.74 bits per heavy atom. The number of hydrogen-bond acceptors (Lipinski definition) is 3. The summed E-state index contributed by atoms with van der Waals surface area (Å²) in [4.78, 5) is 0. The molecule has 0 amide bonds. The van der Waals surface area contributed by atoms with Gasteiger partial charge in [-0.3, -0.25) is 0 Å². The molecule has 0 N–H and O–H groups in total. The number of benzene rings is 2. The molecule has 0 saturated carbocycles. The van der Waals surface area contributed by atoms with Crippen LogP contribution in [0.15, 0.2) is 42.5 Å². The minimum Gasteiger partial charge on any atom is -0.454 e.